The van der Waals surface area contributed by atoms with E-state index in [1.54, 1.807) is 0 Å². The molecule has 0 radical (unpaired) electrons. The molecule has 0 aromatic carbocycles. The van der Waals surface area contributed by atoms with Crippen molar-refractivity contribution in [1.82, 2.24) is 0 Å². The molecule has 0 heterocycles. The van der Waals surface area contributed by atoms with Crippen LogP contribution >= 0.6 is 15.6 Å². The molecule has 0 fully saturated rings. The molecule has 0 aliphatic rings. The van der Waals surface area contributed by atoms with Gasteiger partial charge in [-0.3, -0.25) is 0 Å². The Bertz CT molecular complexity index is 171. The molecule has 0 aromatic heterocycles. The van der Waals surface area contributed by atoms with E-state index in [-0.39, 0.29) is 180 Å². The topological polar surface area (TPSA) is 136 Å². The van der Waals surface area contributed by atoms with E-state index in [1.165, 1.54) is 0 Å². The van der Waals surface area contributed by atoms with Crippen LogP contribution in [0.5, 0.6) is 0 Å². The summed E-state index contributed by atoms with van der Waals surface area (Å²) in [4.78, 5) is 37.3. The van der Waals surface area contributed by atoms with Gasteiger partial charge in [-0.2, -0.15) is 0 Å². The van der Waals surface area contributed by atoms with E-state index in [0.717, 1.165) is 0 Å². The van der Waals surface area contributed by atoms with Crippen molar-refractivity contribution in [2.75, 3.05) is 0 Å². The molecular formula is H6Na6O7P2. The van der Waals surface area contributed by atoms with Crippen molar-refractivity contribution in [2.45, 2.75) is 0 Å². The van der Waals surface area contributed by atoms with Gasteiger partial charge < -0.3 is 33.0 Å². The van der Waals surface area contributed by atoms with Crippen molar-refractivity contribution in [3.63, 3.8) is 0 Å². The molecule has 0 amide bonds. The molecule has 0 aromatic rings. The van der Waals surface area contributed by atoms with E-state index >= 15 is 0 Å². The summed E-state index contributed by atoms with van der Waals surface area (Å²) in [5, 5.41) is 0. The van der Waals surface area contributed by atoms with E-state index in [9.17, 15) is 28.7 Å². The number of rotatable bonds is 2. The predicted octanol–water partition coefficient (Wildman–Crippen LogP) is -11.7. The molecule has 15 heavy (non-hydrogen) atoms. The summed E-state index contributed by atoms with van der Waals surface area (Å²) in [5.41, 5.74) is 0. The summed E-state index contributed by atoms with van der Waals surface area (Å²) in [5.74, 6) is 0. The van der Waals surface area contributed by atoms with Crippen molar-refractivity contribution < 1.29 is 95.0 Å². The zero-order chi connectivity index (χ0) is 7.71. The second kappa shape index (κ2) is 20.3. The second-order valence-electron chi connectivity index (χ2n) is 0.976. The van der Waals surface area contributed by atoms with Gasteiger partial charge in [-0.15, -0.1) is 0 Å². The average molecular weight is 318 g/mol. The molecule has 0 N–H and O–H groups in total. The molecule has 0 saturated carbocycles. The van der Waals surface area contributed by atoms with E-state index in [4.69, 9.17) is 0 Å². The van der Waals surface area contributed by atoms with Crippen LogP contribution in [0.2, 0.25) is 0 Å². The molecule has 0 unspecified atom stereocenters. The molecule has 0 spiro atoms. The molecule has 7 nitrogen and oxygen atoms in total. The molecule has 64 valence electrons. The van der Waals surface area contributed by atoms with E-state index in [2.05, 4.69) is 4.31 Å². The predicted molar refractivity (Wildman–Crippen MR) is 47.1 cm³/mol. The number of hydrogen-bond donors (Lipinski definition) is 0. The fraction of sp³-hybridized carbons (Fsp3) is 0. The normalized spacial score (nSPS) is 8.27. The van der Waals surface area contributed by atoms with Gasteiger partial charge in [-0.05, 0) is 0 Å². The maximum absolute atomic E-state index is 9.32. The Hall–Kier alpha value is 6.26. The van der Waals surface area contributed by atoms with Gasteiger partial charge in [0.15, 0.2) is 0 Å². The minimum atomic E-state index is -5.68. The van der Waals surface area contributed by atoms with Gasteiger partial charge >= 0.3 is 180 Å². The Morgan fingerprint density at radius 3 is 0.867 bits per heavy atom. The van der Waals surface area contributed by atoms with Crippen LogP contribution in [0.25, 0.3) is 0 Å². The first-order chi connectivity index (χ1) is 3.71. The first-order valence-electron chi connectivity index (χ1n) is 1.46. The third kappa shape index (κ3) is 44.9. The van der Waals surface area contributed by atoms with Crippen molar-refractivity contribution in [3.05, 3.63) is 0 Å². The van der Waals surface area contributed by atoms with Crippen molar-refractivity contribution in [1.29, 1.82) is 0 Å². The third-order valence-electron chi connectivity index (χ3n) is 0.200. The summed E-state index contributed by atoms with van der Waals surface area (Å²) < 4.78 is 21.2. The van der Waals surface area contributed by atoms with Gasteiger partial charge in [0, 0.05) is 0 Å². The van der Waals surface area contributed by atoms with Gasteiger partial charge in [0.2, 0.25) is 0 Å². The summed E-state index contributed by atoms with van der Waals surface area (Å²) in [7, 11) is -11.4. The summed E-state index contributed by atoms with van der Waals surface area (Å²) in [6.07, 6.45) is 0. The SMILES string of the molecule is O=P([O-])([O-])OP(=O)([O-])[O-].[H+].[H+].[Na+].[Na+].[NaH].[NaH].[NaH].[NaH]. The standard InChI is InChI=1S/6Na.H4O7P2.4H/c;;;;;;1-8(2,3)7-9(4,5)6;;;;/h;;;;;;(H2,1,2,3)(H2,4,5,6);;;;/q;;;;2*+1;;;;;/p-2. The van der Waals surface area contributed by atoms with Crippen molar-refractivity contribution in [3.8, 4) is 0 Å². The van der Waals surface area contributed by atoms with Crippen LogP contribution in [-0.4, -0.2) is 118 Å². The fourth-order valence-corrected chi connectivity index (χ4v) is 1.10. The Kier molecular flexibility index (Phi) is 58.0. The van der Waals surface area contributed by atoms with Crippen LogP contribution in [0.15, 0.2) is 0 Å². The molecule has 0 rings (SSSR count). The quantitative estimate of drug-likeness (QED) is 0.364. The zero-order valence-corrected chi connectivity index (χ0v) is 11.5. The second-order valence-corrected chi connectivity index (χ2v) is 3.42. The molecule has 0 aliphatic heterocycles. The first-order valence-corrected chi connectivity index (χ1v) is 4.38. The van der Waals surface area contributed by atoms with Gasteiger partial charge in [-0.25, -0.2) is 0 Å². The molecule has 15 heteroatoms. The monoisotopic (exact) mass is 318 g/mol. The minimum absolute atomic E-state index is 0. The maximum atomic E-state index is 9.32. The van der Waals surface area contributed by atoms with Gasteiger partial charge in [0.05, 0.1) is 15.6 Å². The number of phosphoric acid groups is 2. The molecule has 0 atom stereocenters. The van der Waals surface area contributed by atoms with E-state index in [1.807, 2.05) is 0 Å². The first kappa shape index (κ1) is 42.9. The molecule has 0 aliphatic carbocycles. The van der Waals surface area contributed by atoms with Gasteiger partial charge in [0.25, 0.3) is 0 Å². The molecule has 0 saturated heterocycles. The average Bonchev–Trinajstić information content (AvgIpc) is 1.14. The van der Waals surface area contributed by atoms with Crippen LogP contribution < -0.4 is 78.7 Å². The van der Waals surface area contributed by atoms with Gasteiger partial charge in [-0.1, -0.05) is 0 Å². The Morgan fingerprint density at radius 2 is 0.867 bits per heavy atom. The zero-order valence-electron chi connectivity index (χ0n) is 7.75. The third-order valence-corrected chi connectivity index (χ3v) is 1.80. The van der Waals surface area contributed by atoms with E-state index in [0.29, 0.717) is 0 Å². The molecule has 0 bridgehead atoms. The number of hydrogen-bond acceptors (Lipinski definition) is 7. The molecular weight excluding hydrogens is 312 g/mol. The van der Waals surface area contributed by atoms with Crippen LogP contribution in [-0.2, 0) is 13.4 Å². The Morgan fingerprint density at radius 1 is 0.733 bits per heavy atom. The van der Waals surface area contributed by atoms with Crippen LogP contribution in [0.3, 0.4) is 0 Å². The Labute approximate surface area is 223 Å². The summed E-state index contributed by atoms with van der Waals surface area (Å²) >= 11 is 0. The van der Waals surface area contributed by atoms with Gasteiger partial charge in [0.1, 0.15) is 0 Å². The summed E-state index contributed by atoms with van der Waals surface area (Å²) in [6.45, 7) is 0. The van der Waals surface area contributed by atoms with Crippen LogP contribution in [0, 0.1) is 0 Å². The summed E-state index contributed by atoms with van der Waals surface area (Å²) in [6, 6.07) is 0. The van der Waals surface area contributed by atoms with Crippen molar-refractivity contribution >= 4 is 134 Å². The van der Waals surface area contributed by atoms with Crippen LogP contribution in [0.1, 0.15) is 2.85 Å². The fourth-order valence-electron chi connectivity index (χ4n) is 0.122. The Balaban J connectivity index is -0.0000000114. The van der Waals surface area contributed by atoms with Crippen LogP contribution in [0.4, 0.5) is 0 Å². The van der Waals surface area contributed by atoms with Crippen molar-refractivity contribution in [2.24, 2.45) is 0 Å². The van der Waals surface area contributed by atoms with E-state index < -0.39 is 15.6 Å².